The van der Waals surface area contributed by atoms with E-state index in [2.05, 4.69) is 5.32 Å². The lowest BCUT2D eigenvalue weighted by atomic mass is 9.96. The molecule has 2 saturated heterocycles. The first kappa shape index (κ1) is 23.8. The van der Waals surface area contributed by atoms with Crippen LogP contribution in [0.5, 0.6) is 5.75 Å². The molecule has 1 atom stereocenters. The summed E-state index contributed by atoms with van der Waals surface area (Å²) in [6, 6.07) is 15.3. The van der Waals surface area contributed by atoms with Crippen molar-refractivity contribution in [2.24, 2.45) is 0 Å². The van der Waals surface area contributed by atoms with E-state index in [0.717, 1.165) is 6.42 Å². The van der Waals surface area contributed by atoms with Gasteiger partial charge in [-0.3, -0.25) is 19.3 Å². The predicted octanol–water partition coefficient (Wildman–Crippen LogP) is 2.69. The minimum Gasteiger partial charge on any atom is -0.497 e. The molecule has 2 aromatic carbocycles. The summed E-state index contributed by atoms with van der Waals surface area (Å²) in [4.78, 5) is 43.0. The van der Waals surface area contributed by atoms with Crippen LogP contribution in [0.25, 0.3) is 0 Å². The van der Waals surface area contributed by atoms with Crippen LogP contribution in [0.1, 0.15) is 46.9 Å². The molecule has 2 fully saturated rings. The van der Waals surface area contributed by atoms with Crippen LogP contribution in [0, 0.1) is 0 Å². The summed E-state index contributed by atoms with van der Waals surface area (Å²) < 4.78 is 11.4. The molecular weight excluding hydrogens is 434 g/mol. The Morgan fingerprint density at radius 2 is 1.74 bits per heavy atom. The fourth-order valence-electron chi connectivity index (χ4n) is 4.65. The Balaban J connectivity index is 1.55. The number of likely N-dealkylation sites (tertiary alicyclic amines) is 1. The zero-order chi connectivity index (χ0) is 24.1. The van der Waals surface area contributed by atoms with Crippen LogP contribution in [0.15, 0.2) is 54.6 Å². The third-order valence-corrected chi connectivity index (χ3v) is 6.50. The van der Waals surface area contributed by atoms with Crippen LogP contribution in [-0.4, -0.2) is 72.6 Å². The number of hydrogen-bond donors (Lipinski definition) is 1. The Bertz CT molecular complexity index is 1030. The molecule has 0 unspecified atom stereocenters. The molecule has 1 N–H and O–H groups in total. The van der Waals surface area contributed by atoms with Crippen molar-refractivity contribution in [2.45, 2.75) is 38.0 Å². The van der Waals surface area contributed by atoms with E-state index in [0.29, 0.717) is 49.4 Å². The lowest BCUT2D eigenvalue weighted by Crippen LogP contribution is -2.59. The van der Waals surface area contributed by atoms with Crippen LogP contribution in [0.4, 0.5) is 0 Å². The van der Waals surface area contributed by atoms with Gasteiger partial charge in [0.05, 0.1) is 13.7 Å². The zero-order valence-electron chi connectivity index (χ0n) is 19.7. The van der Waals surface area contributed by atoms with E-state index in [-0.39, 0.29) is 24.3 Å². The summed E-state index contributed by atoms with van der Waals surface area (Å²) in [5, 5.41) is 2.90. The van der Waals surface area contributed by atoms with Crippen molar-refractivity contribution >= 4 is 17.7 Å². The van der Waals surface area contributed by atoms with E-state index in [4.69, 9.17) is 9.47 Å². The van der Waals surface area contributed by atoms with Crippen molar-refractivity contribution in [3.63, 3.8) is 0 Å². The number of benzene rings is 2. The molecule has 0 saturated carbocycles. The molecule has 8 heteroatoms. The van der Waals surface area contributed by atoms with Crippen LogP contribution >= 0.6 is 0 Å². The highest BCUT2D eigenvalue weighted by atomic mass is 16.5. The minimum absolute atomic E-state index is 0.0927. The lowest BCUT2D eigenvalue weighted by Gasteiger charge is -2.44. The Hall–Kier alpha value is -3.39. The summed E-state index contributed by atoms with van der Waals surface area (Å²) in [6.45, 7) is 3.49. The molecule has 4 rings (SSSR count). The predicted molar refractivity (Wildman–Crippen MR) is 127 cm³/mol. The zero-order valence-corrected chi connectivity index (χ0v) is 19.7. The van der Waals surface area contributed by atoms with Gasteiger partial charge in [0.25, 0.3) is 11.8 Å². The largest absolute Gasteiger partial charge is 0.497 e. The van der Waals surface area contributed by atoms with Crippen LogP contribution in [-0.2, 0) is 9.53 Å². The third kappa shape index (κ3) is 4.63. The molecule has 8 nitrogen and oxygen atoms in total. The molecule has 2 heterocycles. The molecule has 180 valence electrons. The normalized spacial score (nSPS) is 19.2. The van der Waals surface area contributed by atoms with E-state index < -0.39 is 11.8 Å². The molecule has 2 aliphatic heterocycles. The van der Waals surface area contributed by atoms with E-state index in [9.17, 15) is 14.4 Å². The lowest BCUT2D eigenvalue weighted by molar-refractivity contribution is -0.128. The second-order valence-corrected chi connectivity index (χ2v) is 8.63. The first-order valence-electron chi connectivity index (χ1n) is 11.7. The molecular formula is C26H31N3O5. The van der Waals surface area contributed by atoms with Gasteiger partial charge >= 0.3 is 0 Å². The Morgan fingerprint density at radius 1 is 1.03 bits per heavy atom. The fraction of sp³-hybridized carbons (Fsp3) is 0.423. The van der Waals surface area contributed by atoms with Gasteiger partial charge in [0, 0.05) is 43.6 Å². The van der Waals surface area contributed by atoms with Crippen molar-refractivity contribution in [3.8, 4) is 5.75 Å². The first-order valence-corrected chi connectivity index (χ1v) is 11.7. The Kier molecular flexibility index (Phi) is 7.17. The maximum atomic E-state index is 13.6. The number of amides is 3. The van der Waals surface area contributed by atoms with Crippen LogP contribution in [0.3, 0.4) is 0 Å². The van der Waals surface area contributed by atoms with E-state index in [1.165, 1.54) is 0 Å². The minimum atomic E-state index is -0.924. The van der Waals surface area contributed by atoms with E-state index in [1.807, 2.05) is 13.0 Å². The molecule has 3 amide bonds. The van der Waals surface area contributed by atoms with E-state index >= 15 is 0 Å². The van der Waals surface area contributed by atoms with Gasteiger partial charge in [-0.05, 0) is 36.8 Å². The first-order chi connectivity index (χ1) is 16.5. The molecule has 34 heavy (non-hydrogen) atoms. The number of nitrogens with one attached hydrogen (secondary N) is 1. The second kappa shape index (κ2) is 10.3. The summed E-state index contributed by atoms with van der Waals surface area (Å²) >= 11 is 0. The molecule has 0 bridgehead atoms. The SMILES string of the molecule is CCCNC(=O)[C@H]1COC2(CCN(C(=O)c3cccc(OC)c3)CC2)N1C(=O)c1ccccc1. The number of hydrogen-bond acceptors (Lipinski definition) is 5. The number of rotatable bonds is 6. The highest BCUT2D eigenvalue weighted by Gasteiger charge is 2.54. The third-order valence-electron chi connectivity index (χ3n) is 6.50. The number of ether oxygens (including phenoxy) is 2. The molecule has 1 spiro atoms. The van der Waals surface area contributed by atoms with Gasteiger partial charge in [0.2, 0.25) is 5.91 Å². The highest BCUT2D eigenvalue weighted by Crippen LogP contribution is 2.39. The van der Waals surface area contributed by atoms with Gasteiger partial charge in [0.1, 0.15) is 17.5 Å². The number of carbonyl (C=O) groups excluding carboxylic acids is 3. The van der Waals surface area contributed by atoms with Gasteiger partial charge in [-0.25, -0.2) is 0 Å². The topological polar surface area (TPSA) is 88.2 Å². The standard InChI is InChI=1S/C26H31N3O5/c1-3-14-27-23(30)22-18-34-26(29(22)25(32)19-8-5-4-6-9-19)12-15-28(16-13-26)24(31)20-10-7-11-21(17-20)33-2/h4-11,17,22H,3,12-16,18H2,1-2H3,(H,27,30)/t22-/m1/s1. The van der Waals surface area contributed by atoms with Crippen molar-refractivity contribution in [2.75, 3.05) is 33.4 Å². The van der Waals surface area contributed by atoms with Crippen molar-refractivity contribution in [3.05, 3.63) is 65.7 Å². The van der Waals surface area contributed by atoms with Crippen molar-refractivity contribution in [1.29, 1.82) is 0 Å². The maximum absolute atomic E-state index is 13.6. The molecule has 2 aromatic rings. The van der Waals surface area contributed by atoms with Gasteiger partial charge < -0.3 is 19.7 Å². The number of carbonyl (C=O) groups is 3. The second-order valence-electron chi connectivity index (χ2n) is 8.63. The summed E-state index contributed by atoms with van der Waals surface area (Å²) in [7, 11) is 1.57. The van der Waals surface area contributed by atoms with Gasteiger partial charge in [0.15, 0.2) is 0 Å². The van der Waals surface area contributed by atoms with Crippen LogP contribution < -0.4 is 10.1 Å². The Morgan fingerprint density at radius 3 is 2.41 bits per heavy atom. The number of piperidine rings is 1. The molecule has 0 aliphatic carbocycles. The molecule has 0 aromatic heterocycles. The van der Waals surface area contributed by atoms with Gasteiger partial charge in [-0.15, -0.1) is 0 Å². The van der Waals surface area contributed by atoms with Crippen molar-refractivity contribution < 1.29 is 23.9 Å². The average Bonchev–Trinajstić information content (AvgIpc) is 3.25. The van der Waals surface area contributed by atoms with E-state index in [1.54, 1.807) is 65.4 Å². The molecule has 0 radical (unpaired) electrons. The summed E-state index contributed by atoms with van der Waals surface area (Å²) in [5.74, 6) is 0.0872. The monoisotopic (exact) mass is 465 g/mol. The number of methoxy groups -OCH3 is 1. The average molecular weight is 466 g/mol. The molecule has 2 aliphatic rings. The van der Waals surface area contributed by atoms with Crippen LogP contribution in [0.2, 0.25) is 0 Å². The quantitative estimate of drug-likeness (QED) is 0.709. The van der Waals surface area contributed by atoms with Gasteiger partial charge in [-0.2, -0.15) is 0 Å². The fourth-order valence-corrected chi connectivity index (χ4v) is 4.65. The Labute approximate surface area is 199 Å². The van der Waals surface area contributed by atoms with Gasteiger partial charge in [-0.1, -0.05) is 31.2 Å². The summed E-state index contributed by atoms with van der Waals surface area (Å²) in [5.41, 5.74) is 0.138. The summed E-state index contributed by atoms with van der Waals surface area (Å²) in [6.07, 6.45) is 1.66. The maximum Gasteiger partial charge on any atom is 0.256 e. The highest BCUT2D eigenvalue weighted by molar-refractivity contribution is 5.98. The number of nitrogens with zero attached hydrogens (tertiary/aromatic N) is 2. The van der Waals surface area contributed by atoms with Crippen molar-refractivity contribution in [1.82, 2.24) is 15.1 Å². The smallest absolute Gasteiger partial charge is 0.256 e.